The average Bonchev–Trinajstić information content (AvgIpc) is 2.40. The summed E-state index contributed by atoms with van der Waals surface area (Å²) < 4.78 is 6.82. The molecule has 1 amide bonds. The fourth-order valence-electron chi connectivity index (χ4n) is 1.84. The molecule has 0 heterocycles. The van der Waals surface area contributed by atoms with E-state index in [0.29, 0.717) is 11.3 Å². The smallest absolute Gasteiger partial charge is 0.259 e. The monoisotopic (exact) mass is 397 g/mol. The van der Waals surface area contributed by atoms with E-state index >= 15 is 0 Å². The van der Waals surface area contributed by atoms with Crippen LogP contribution < -0.4 is 10.1 Å². The van der Waals surface area contributed by atoms with Gasteiger partial charge in [0.05, 0.1) is 17.1 Å². The lowest BCUT2D eigenvalue weighted by molar-refractivity contribution is 0.102. The van der Waals surface area contributed by atoms with Crippen molar-refractivity contribution in [2.45, 2.75) is 6.92 Å². The highest BCUT2D eigenvalue weighted by Crippen LogP contribution is 2.33. The van der Waals surface area contributed by atoms with Crippen molar-refractivity contribution in [1.29, 1.82) is 0 Å². The van der Waals surface area contributed by atoms with Crippen molar-refractivity contribution in [1.82, 2.24) is 0 Å². The van der Waals surface area contributed by atoms with Gasteiger partial charge in [-0.25, -0.2) is 0 Å². The van der Waals surface area contributed by atoms with Gasteiger partial charge in [-0.15, -0.1) is 0 Å². The first-order valence-corrected chi connectivity index (χ1v) is 7.51. The third kappa shape index (κ3) is 3.22. The maximum atomic E-state index is 12.4. The van der Waals surface area contributed by atoms with Crippen LogP contribution in [0, 0.1) is 6.92 Å². The first kappa shape index (κ1) is 15.1. The second-order valence-corrected chi connectivity index (χ2v) is 6.01. The van der Waals surface area contributed by atoms with Gasteiger partial charge in [-0.1, -0.05) is 34.1 Å². The Morgan fingerprint density at radius 3 is 2.55 bits per heavy atom. The number of carbonyl (C=O) groups excluding carboxylic acids is 1. The number of carbonyl (C=O) groups is 1. The summed E-state index contributed by atoms with van der Waals surface area (Å²) in [6.45, 7) is 1.95. The van der Waals surface area contributed by atoms with Gasteiger partial charge in [-0.2, -0.15) is 0 Å². The molecule has 0 atom stereocenters. The molecule has 0 radical (unpaired) electrons. The van der Waals surface area contributed by atoms with Crippen molar-refractivity contribution in [3.05, 3.63) is 56.5 Å². The first-order chi connectivity index (χ1) is 9.52. The topological polar surface area (TPSA) is 38.3 Å². The molecule has 3 nitrogen and oxygen atoms in total. The Labute approximate surface area is 134 Å². The highest BCUT2D eigenvalue weighted by atomic mass is 79.9. The number of para-hydroxylation sites is 1. The van der Waals surface area contributed by atoms with E-state index in [1.807, 2.05) is 37.3 Å². The standard InChI is InChI=1S/C15H13Br2NO2/c1-9-5-3-4-6-13(9)18-15(19)11-7-10(16)8-12(17)14(11)20-2/h3-8H,1-2H3,(H,18,19). The third-order valence-electron chi connectivity index (χ3n) is 2.85. The summed E-state index contributed by atoms with van der Waals surface area (Å²) in [7, 11) is 1.54. The lowest BCUT2D eigenvalue weighted by Crippen LogP contribution is -2.14. The van der Waals surface area contributed by atoms with Gasteiger partial charge >= 0.3 is 0 Å². The maximum Gasteiger partial charge on any atom is 0.259 e. The highest BCUT2D eigenvalue weighted by Gasteiger charge is 2.17. The van der Waals surface area contributed by atoms with E-state index in [0.717, 1.165) is 20.2 Å². The van der Waals surface area contributed by atoms with Gasteiger partial charge in [0.2, 0.25) is 0 Å². The summed E-state index contributed by atoms with van der Waals surface area (Å²) in [5, 5.41) is 2.90. The molecule has 0 aromatic heterocycles. The number of methoxy groups -OCH3 is 1. The van der Waals surface area contributed by atoms with Crippen LogP contribution in [0.5, 0.6) is 5.75 Å². The first-order valence-electron chi connectivity index (χ1n) is 5.93. The Kier molecular flexibility index (Phi) is 4.83. The molecule has 0 saturated heterocycles. The van der Waals surface area contributed by atoms with Gasteiger partial charge in [0, 0.05) is 10.2 Å². The molecule has 2 rings (SSSR count). The van der Waals surface area contributed by atoms with Crippen molar-refractivity contribution in [2.24, 2.45) is 0 Å². The van der Waals surface area contributed by atoms with Gasteiger partial charge in [-0.3, -0.25) is 4.79 Å². The molecule has 0 bridgehead atoms. The highest BCUT2D eigenvalue weighted by molar-refractivity contribution is 9.11. The van der Waals surface area contributed by atoms with E-state index in [4.69, 9.17) is 4.74 Å². The van der Waals surface area contributed by atoms with Gasteiger partial charge in [0.15, 0.2) is 0 Å². The maximum absolute atomic E-state index is 12.4. The molecule has 5 heteroatoms. The SMILES string of the molecule is COc1c(Br)cc(Br)cc1C(=O)Nc1ccccc1C. The molecule has 0 unspecified atom stereocenters. The molecule has 20 heavy (non-hydrogen) atoms. The minimum absolute atomic E-state index is 0.210. The Morgan fingerprint density at radius 2 is 1.90 bits per heavy atom. The molecule has 0 aliphatic rings. The number of aryl methyl sites for hydroxylation is 1. The normalized spacial score (nSPS) is 10.2. The van der Waals surface area contributed by atoms with Crippen LogP contribution in [0.25, 0.3) is 0 Å². The van der Waals surface area contributed by atoms with Crippen molar-refractivity contribution in [3.8, 4) is 5.75 Å². The summed E-state index contributed by atoms with van der Waals surface area (Å²) in [5.74, 6) is 0.303. The third-order valence-corrected chi connectivity index (χ3v) is 3.90. The minimum Gasteiger partial charge on any atom is -0.495 e. The second-order valence-electron chi connectivity index (χ2n) is 4.24. The number of ether oxygens (including phenoxy) is 1. The molecule has 0 fully saturated rings. The Balaban J connectivity index is 2.37. The summed E-state index contributed by atoms with van der Waals surface area (Å²) >= 11 is 6.77. The van der Waals surface area contributed by atoms with Crippen LogP contribution in [0.1, 0.15) is 15.9 Å². The van der Waals surface area contributed by atoms with E-state index in [1.165, 1.54) is 0 Å². The minimum atomic E-state index is -0.210. The van der Waals surface area contributed by atoms with Crippen LogP contribution in [0.3, 0.4) is 0 Å². The molecule has 0 aliphatic heterocycles. The average molecular weight is 399 g/mol. The number of nitrogens with one attached hydrogen (secondary N) is 1. The van der Waals surface area contributed by atoms with Crippen LogP contribution >= 0.6 is 31.9 Å². The summed E-state index contributed by atoms with van der Waals surface area (Å²) in [5.41, 5.74) is 2.27. The van der Waals surface area contributed by atoms with Crippen molar-refractivity contribution >= 4 is 43.5 Å². The summed E-state index contributed by atoms with van der Waals surface area (Å²) in [6, 6.07) is 11.2. The zero-order valence-corrected chi connectivity index (χ0v) is 14.2. The van der Waals surface area contributed by atoms with Gasteiger partial charge in [-0.05, 0) is 46.6 Å². The Morgan fingerprint density at radius 1 is 1.20 bits per heavy atom. The van der Waals surface area contributed by atoms with Crippen LogP contribution in [0.4, 0.5) is 5.69 Å². The Hall–Kier alpha value is -1.33. The van der Waals surface area contributed by atoms with Crippen molar-refractivity contribution < 1.29 is 9.53 Å². The van der Waals surface area contributed by atoms with Gasteiger partial charge in [0.25, 0.3) is 5.91 Å². The fourth-order valence-corrected chi connectivity index (χ4v) is 3.23. The molecule has 0 spiro atoms. The van der Waals surface area contributed by atoms with Crippen LogP contribution in [-0.4, -0.2) is 13.0 Å². The molecule has 2 aromatic rings. The molecule has 0 saturated carbocycles. The van der Waals surface area contributed by atoms with Crippen LogP contribution in [0.2, 0.25) is 0 Å². The van der Waals surface area contributed by atoms with Crippen LogP contribution in [0.15, 0.2) is 45.3 Å². The largest absolute Gasteiger partial charge is 0.495 e. The number of anilines is 1. The number of hydrogen-bond acceptors (Lipinski definition) is 2. The van der Waals surface area contributed by atoms with E-state index in [9.17, 15) is 4.79 Å². The molecule has 2 aromatic carbocycles. The zero-order chi connectivity index (χ0) is 14.7. The number of hydrogen-bond donors (Lipinski definition) is 1. The van der Waals surface area contributed by atoms with Crippen LogP contribution in [-0.2, 0) is 0 Å². The molecule has 104 valence electrons. The molecular weight excluding hydrogens is 386 g/mol. The molecule has 0 aliphatic carbocycles. The second kappa shape index (κ2) is 6.41. The van der Waals surface area contributed by atoms with Gasteiger partial charge < -0.3 is 10.1 Å². The predicted molar refractivity (Wildman–Crippen MR) is 87.5 cm³/mol. The molecule has 1 N–H and O–H groups in total. The van der Waals surface area contributed by atoms with Crippen molar-refractivity contribution in [2.75, 3.05) is 12.4 Å². The zero-order valence-electron chi connectivity index (χ0n) is 11.0. The number of amides is 1. The quantitative estimate of drug-likeness (QED) is 0.807. The number of rotatable bonds is 3. The summed E-state index contributed by atoms with van der Waals surface area (Å²) in [6.07, 6.45) is 0. The number of halogens is 2. The summed E-state index contributed by atoms with van der Waals surface area (Å²) in [4.78, 5) is 12.4. The number of benzene rings is 2. The lowest BCUT2D eigenvalue weighted by atomic mass is 10.1. The predicted octanol–water partition coefficient (Wildman–Crippen LogP) is 4.78. The van der Waals surface area contributed by atoms with E-state index in [1.54, 1.807) is 13.2 Å². The fraction of sp³-hybridized carbons (Fsp3) is 0.133. The van der Waals surface area contributed by atoms with Crippen molar-refractivity contribution in [3.63, 3.8) is 0 Å². The molecular formula is C15H13Br2NO2. The lowest BCUT2D eigenvalue weighted by Gasteiger charge is -2.12. The Bertz CT molecular complexity index is 656. The van der Waals surface area contributed by atoms with E-state index in [-0.39, 0.29) is 5.91 Å². The van der Waals surface area contributed by atoms with E-state index in [2.05, 4.69) is 37.2 Å². The van der Waals surface area contributed by atoms with Gasteiger partial charge in [0.1, 0.15) is 5.75 Å². The van der Waals surface area contributed by atoms with E-state index < -0.39 is 0 Å².